The fourth-order valence-corrected chi connectivity index (χ4v) is 2.44. The smallest absolute Gasteiger partial charge is 0.253 e. The third-order valence-corrected chi connectivity index (χ3v) is 3.62. The van der Waals surface area contributed by atoms with Crippen molar-refractivity contribution in [3.8, 4) is 5.75 Å². The van der Waals surface area contributed by atoms with Crippen molar-refractivity contribution in [2.24, 2.45) is 0 Å². The second-order valence-corrected chi connectivity index (χ2v) is 5.25. The van der Waals surface area contributed by atoms with Crippen LogP contribution in [0.4, 0.5) is 4.39 Å². The van der Waals surface area contributed by atoms with Gasteiger partial charge in [0.1, 0.15) is 18.2 Å². The average molecular weight is 297 g/mol. The number of hydrogen-bond donors (Lipinski definition) is 0. The molecule has 0 radical (unpaired) electrons. The molecule has 0 bridgehead atoms. The highest BCUT2D eigenvalue weighted by Crippen LogP contribution is 2.26. The van der Waals surface area contributed by atoms with Gasteiger partial charge in [0.05, 0.1) is 5.57 Å². The standard InChI is InChI=1S/C18H16FNO2/c1-20(11-14-7-2-4-8-16(14)19)18(21)15-10-13-6-3-5-9-17(13)22-12-15/h2-10H,11-12H2,1H3. The van der Waals surface area contributed by atoms with Gasteiger partial charge in [0.15, 0.2) is 0 Å². The molecule has 3 nitrogen and oxygen atoms in total. The summed E-state index contributed by atoms with van der Waals surface area (Å²) in [5, 5.41) is 0. The van der Waals surface area contributed by atoms with Crippen LogP contribution in [0.1, 0.15) is 11.1 Å². The quantitative estimate of drug-likeness (QED) is 0.870. The zero-order chi connectivity index (χ0) is 15.5. The molecule has 2 aromatic carbocycles. The molecule has 2 aromatic rings. The molecule has 0 saturated carbocycles. The van der Waals surface area contributed by atoms with Gasteiger partial charge in [0, 0.05) is 24.7 Å². The minimum atomic E-state index is -0.304. The van der Waals surface area contributed by atoms with Crippen LogP contribution in [0.5, 0.6) is 5.75 Å². The van der Waals surface area contributed by atoms with Crippen molar-refractivity contribution in [2.75, 3.05) is 13.7 Å². The van der Waals surface area contributed by atoms with Gasteiger partial charge in [-0.15, -0.1) is 0 Å². The minimum absolute atomic E-state index is 0.155. The number of halogens is 1. The maximum Gasteiger partial charge on any atom is 0.253 e. The van der Waals surface area contributed by atoms with E-state index in [9.17, 15) is 9.18 Å². The summed E-state index contributed by atoms with van der Waals surface area (Å²) < 4.78 is 19.3. The first-order valence-electron chi connectivity index (χ1n) is 7.06. The molecule has 1 aliphatic rings. The summed E-state index contributed by atoms with van der Waals surface area (Å²) in [6.45, 7) is 0.460. The Morgan fingerprint density at radius 3 is 2.73 bits per heavy atom. The van der Waals surface area contributed by atoms with E-state index in [-0.39, 0.29) is 24.9 Å². The Morgan fingerprint density at radius 1 is 1.18 bits per heavy atom. The van der Waals surface area contributed by atoms with Crippen LogP contribution in [0, 0.1) is 5.82 Å². The van der Waals surface area contributed by atoms with Gasteiger partial charge in [-0.1, -0.05) is 36.4 Å². The first kappa shape index (κ1) is 14.3. The molecule has 0 spiro atoms. The molecule has 22 heavy (non-hydrogen) atoms. The fourth-order valence-electron chi connectivity index (χ4n) is 2.44. The molecular weight excluding hydrogens is 281 g/mol. The lowest BCUT2D eigenvalue weighted by atomic mass is 10.1. The van der Waals surface area contributed by atoms with Crippen LogP contribution in [-0.2, 0) is 11.3 Å². The molecule has 3 rings (SSSR count). The number of carbonyl (C=O) groups excluding carboxylic acids is 1. The molecule has 0 N–H and O–H groups in total. The molecule has 0 aromatic heterocycles. The number of fused-ring (bicyclic) bond motifs is 1. The molecule has 0 atom stereocenters. The van der Waals surface area contributed by atoms with Crippen molar-refractivity contribution < 1.29 is 13.9 Å². The van der Waals surface area contributed by atoms with Crippen molar-refractivity contribution in [3.05, 3.63) is 71.0 Å². The Balaban J connectivity index is 1.77. The van der Waals surface area contributed by atoms with Gasteiger partial charge in [-0.25, -0.2) is 4.39 Å². The van der Waals surface area contributed by atoms with Gasteiger partial charge in [0.25, 0.3) is 5.91 Å². The van der Waals surface area contributed by atoms with E-state index in [0.29, 0.717) is 11.1 Å². The van der Waals surface area contributed by atoms with Crippen LogP contribution in [0.2, 0.25) is 0 Å². The summed E-state index contributed by atoms with van der Waals surface area (Å²) in [7, 11) is 1.66. The van der Waals surface area contributed by atoms with Crippen LogP contribution in [0.15, 0.2) is 54.1 Å². The second kappa shape index (κ2) is 6.02. The molecule has 1 aliphatic heterocycles. The van der Waals surface area contributed by atoms with E-state index in [1.807, 2.05) is 30.3 Å². The summed E-state index contributed by atoms with van der Waals surface area (Å²) in [5.41, 5.74) is 1.95. The van der Waals surface area contributed by atoms with E-state index in [2.05, 4.69) is 0 Å². The van der Waals surface area contributed by atoms with Crippen LogP contribution >= 0.6 is 0 Å². The van der Waals surface area contributed by atoms with Crippen molar-refractivity contribution in [2.45, 2.75) is 6.54 Å². The molecule has 0 aliphatic carbocycles. The number of nitrogens with zero attached hydrogens (tertiary/aromatic N) is 1. The molecule has 1 amide bonds. The van der Waals surface area contributed by atoms with Crippen molar-refractivity contribution in [1.82, 2.24) is 4.90 Å². The fraction of sp³-hybridized carbons (Fsp3) is 0.167. The monoisotopic (exact) mass is 297 g/mol. The lowest BCUT2D eigenvalue weighted by Gasteiger charge is -2.22. The molecule has 0 fully saturated rings. The summed E-state index contributed by atoms with van der Waals surface area (Å²) in [6, 6.07) is 14.0. The molecule has 112 valence electrons. The average Bonchev–Trinajstić information content (AvgIpc) is 2.55. The Hall–Kier alpha value is -2.62. The lowest BCUT2D eigenvalue weighted by Crippen LogP contribution is -2.30. The summed E-state index contributed by atoms with van der Waals surface area (Å²) in [4.78, 5) is 14.0. The largest absolute Gasteiger partial charge is 0.488 e. The highest BCUT2D eigenvalue weighted by atomic mass is 19.1. The first-order valence-corrected chi connectivity index (χ1v) is 7.06. The molecule has 0 unspecified atom stereocenters. The predicted octanol–water partition coefficient (Wildman–Crippen LogP) is 3.26. The minimum Gasteiger partial charge on any atom is -0.488 e. The predicted molar refractivity (Wildman–Crippen MR) is 82.8 cm³/mol. The van der Waals surface area contributed by atoms with E-state index in [1.54, 1.807) is 25.2 Å². The third-order valence-electron chi connectivity index (χ3n) is 3.62. The second-order valence-electron chi connectivity index (χ2n) is 5.25. The lowest BCUT2D eigenvalue weighted by molar-refractivity contribution is -0.126. The van der Waals surface area contributed by atoms with E-state index in [4.69, 9.17) is 4.74 Å². The topological polar surface area (TPSA) is 29.5 Å². The van der Waals surface area contributed by atoms with Gasteiger partial charge in [-0.2, -0.15) is 0 Å². The number of likely N-dealkylation sites (N-methyl/N-ethyl adjacent to an activating group) is 1. The molecule has 4 heteroatoms. The van der Waals surface area contributed by atoms with E-state index >= 15 is 0 Å². The third kappa shape index (κ3) is 2.86. The van der Waals surface area contributed by atoms with Crippen molar-refractivity contribution >= 4 is 12.0 Å². The Bertz CT molecular complexity index is 739. The molecule has 0 saturated heterocycles. The van der Waals surface area contributed by atoms with Crippen molar-refractivity contribution in [1.29, 1.82) is 0 Å². The SMILES string of the molecule is CN(Cc1ccccc1F)C(=O)C1=Cc2ccccc2OC1. The number of ether oxygens (including phenoxy) is 1. The first-order chi connectivity index (χ1) is 10.6. The van der Waals surface area contributed by atoms with Gasteiger partial charge >= 0.3 is 0 Å². The van der Waals surface area contributed by atoms with E-state index in [1.165, 1.54) is 11.0 Å². The number of para-hydroxylation sites is 1. The van der Waals surface area contributed by atoms with Gasteiger partial charge in [0.2, 0.25) is 0 Å². The van der Waals surface area contributed by atoms with Gasteiger partial charge in [-0.3, -0.25) is 4.79 Å². The van der Waals surface area contributed by atoms with Crippen LogP contribution in [-0.4, -0.2) is 24.5 Å². The maximum atomic E-state index is 13.7. The number of rotatable bonds is 3. The highest BCUT2D eigenvalue weighted by Gasteiger charge is 2.20. The van der Waals surface area contributed by atoms with Gasteiger partial charge < -0.3 is 9.64 Å². The number of hydrogen-bond acceptors (Lipinski definition) is 2. The zero-order valence-electron chi connectivity index (χ0n) is 12.3. The van der Waals surface area contributed by atoms with E-state index in [0.717, 1.165) is 11.3 Å². The Kier molecular flexibility index (Phi) is 3.92. The van der Waals surface area contributed by atoms with Crippen LogP contribution in [0.25, 0.3) is 6.08 Å². The Morgan fingerprint density at radius 2 is 1.91 bits per heavy atom. The normalized spacial score (nSPS) is 12.9. The summed E-state index contributed by atoms with van der Waals surface area (Å²) in [6.07, 6.45) is 1.83. The number of benzene rings is 2. The number of amides is 1. The van der Waals surface area contributed by atoms with Crippen LogP contribution in [0.3, 0.4) is 0 Å². The summed E-state index contributed by atoms with van der Waals surface area (Å²) in [5.74, 6) is 0.315. The van der Waals surface area contributed by atoms with Crippen LogP contribution < -0.4 is 4.74 Å². The molecule has 1 heterocycles. The van der Waals surface area contributed by atoms with E-state index < -0.39 is 0 Å². The summed E-state index contributed by atoms with van der Waals surface area (Å²) >= 11 is 0. The van der Waals surface area contributed by atoms with Crippen molar-refractivity contribution in [3.63, 3.8) is 0 Å². The zero-order valence-corrected chi connectivity index (χ0v) is 12.3. The molecular formula is C18H16FNO2. The van der Waals surface area contributed by atoms with Gasteiger partial charge in [-0.05, 0) is 18.2 Å². The highest BCUT2D eigenvalue weighted by molar-refractivity contribution is 5.99. The maximum absolute atomic E-state index is 13.7. The Labute approximate surface area is 128 Å². The number of carbonyl (C=O) groups is 1.